The number of hydrogen-bond acceptors (Lipinski definition) is 4. The first-order valence-electron chi connectivity index (χ1n) is 10.2. The van der Waals surface area contributed by atoms with Gasteiger partial charge in [0.1, 0.15) is 11.3 Å². The van der Waals surface area contributed by atoms with Crippen molar-refractivity contribution in [2.45, 2.75) is 32.6 Å². The van der Waals surface area contributed by atoms with Gasteiger partial charge in [0.2, 0.25) is 5.88 Å². The van der Waals surface area contributed by atoms with E-state index in [0.717, 1.165) is 42.9 Å². The molecule has 1 saturated heterocycles. The van der Waals surface area contributed by atoms with E-state index < -0.39 is 0 Å². The molecule has 1 aliphatic heterocycles. The zero-order valence-electron chi connectivity index (χ0n) is 17.2. The Kier molecular flexibility index (Phi) is 5.43. The molecule has 152 valence electrons. The fourth-order valence-corrected chi connectivity index (χ4v) is 4.09. The highest BCUT2D eigenvalue weighted by molar-refractivity contribution is 5.96. The summed E-state index contributed by atoms with van der Waals surface area (Å²) in [6.45, 7) is 5.74. The molecule has 0 radical (unpaired) electrons. The minimum absolute atomic E-state index is 0.00000379. The van der Waals surface area contributed by atoms with Crippen molar-refractivity contribution in [1.29, 1.82) is 0 Å². The summed E-state index contributed by atoms with van der Waals surface area (Å²) in [5.74, 6) is 1.71. The van der Waals surface area contributed by atoms with Crippen LogP contribution in [-0.2, 0) is 0 Å². The molecule has 0 bridgehead atoms. The van der Waals surface area contributed by atoms with Crippen molar-refractivity contribution in [2.24, 2.45) is 0 Å². The maximum atomic E-state index is 13.1. The molecule has 1 fully saturated rings. The van der Waals surface area contributed by atoms with Gasteiger partial charge in [0.15, 0.2) is 0 Å². The second kappa shape index (κ2) is 8.15. The van der Waals surface area contributed by atoms with E-state index in [1.54, 1.807) is 7.11 Å². The van der Waals surface area contributed by atoms with E-state index in [9.17, 15) is 4.79 Å². The summed E-state index contributed by atoms with van der Waals surface area (Å²) in [7, 11) is 1.69. The van der Waals surface area contributed by atoms with Gasteiger partial charge in [0, 0.05) is 35.9 Å². The van der Waals surface area contributed by atoms with Crippen LogP contribution in [-0.4, -0.2) is 47.6 Å². The van der Waals surface area contributed by atoms with Crippen molar-refractivity contribution >= 4 is 16.8 Å². The highest BCUT2D eigenvalue weighted by atomic mass is 16.5. The summed E-state index contributed by atoms with van der Waals surface area (Å²) >= 11 is 0. The summed E-state index contributed by atoms with van der Waals surface area (Å²) in [5, 5.41) is 1.20. The van der Waals surface area contributed by atoms with Crippen LogP contribution in [0.3, 0.4) is 0 Å². The van der Waals surface area contributed by atoms with Gasteiger partial charge in [-0.1, -0.05) is 0 Å². The Labute approximate surface area is 170 Å². The molecule has 0 aliphatic carbocycles. The van der Waals surface area contributed by atoms with Crippen LogP contribution >= 0.6 is 0 Å². The monoisotopic (exact) mass is 393 g/mol. The average Bonchev–Trinajstić information content (AvgIpc) is 3.17. The van der Waals surface area contributed by atoms with Crippen LogP contribution in [0.2, 0.25) is 0 Å². The number of ether oxygens (including phenoxy) is 2. The number of benzene rings is 1. The summed E-state index contributed by atoms with van der Waals surface area (Å²) in [6, 6.07) is 9.80. The van der Waals surface area contributed by atoms with E-state index >= 15 is 0 Å². The maximum Gasteiger partial charge on any atom is 0.259 e. The zero-order valence-corrected chi connectivity index (χ0v) is 17.2. The second-order valence-corrected chi connectivity index (χ2v) is 7.46. The third-order valence-corrected chi connectivity index (χ3v) is 5.65. The van der Waals surface area contributed by atoms with Crippen molar-refractivity contribution in [3.63, 3.8) is 0 Å². The third kappa shape index (κ3) is 3.79. The Morgan fingerprint density at radius 1 is 1.24 bits per heavy atom. The number of hydrogen-bond donors (Lipinski definition) is 1. The first kappa shape index (κ1) is 19.3. The number of pyridine rings is 1. The molecule has 4 rings (SSSR count). The minimum Gasteiger partial charge on any atom is -0.497 e. The SMILES string of the molecule is CCOc1nc(C)ccc1C(=O)N1CCC(c2c[nH]c3ccc(OC)cc23)CC1. The lowest BCUT2D eigenvalue weighted by atomic mass is 9.89. The van der Waals surface area contributed by atoms with Gasteiger partial charge < -0.3 is 19.4 Å². The number of H-pyrrole nitrogens is 1. The van der Waals surface area contributed by atoms with Gasteiger partial charge in [0.05, 0.1) is 13.7 Å². The standard InChI is InChI=1S/C23H27N3O3/c1-4-29-22-18(7-5-15(2)25-22)23(27)26-11-9-16(10-12-26)20-14-24-21-8-6-17(28-3)13-19(20)21/h5-8,13-14,16,24H,4,9-12H2,1-3H3. The van der Waals surface area contributed by atoms with Crippen LogP contribution in [0, 0.1) is 6.92 Å². The Morgan fingerprint density at radius 2 is 2.03 bits per heavy atom. The normalized spacial score (nSPS) is 14.9. The molecule has 0 unspecified atom stereocenters. The number of carbonyl (C=O) groups is 1. The van der Waals surface area contributed by atoms with Crippen LogP contribution in [0.4, 0.5) is 0 Å². The number of piperidine rings is 1. The largest absolute Gasteiger partial charge is 0.497 e. The Balaban J connectivity index is 1.49. The number of aromatic amines is 1. The first-order valence-corrected chi connectivity index (χ1v) is 10.2. The van der Waals surface area contributed by atoms with Gasteiger partial charge in [-0.05, 0) is 68.5 Å². The van der Waals surface area contributed by atoms with Gasteiger partial charge in [-0.15, -0.1) is 0 Å². The molecule has 1 aromatic carbocycles. The molecule has 29 heavy (non-hydrogen) atoms. The van der Waals surface area contributed by atoms with Crippen molar-refractivity contribution in [3.05, 3.63) is 53.3 Å². The van der Waals surface area contributed by atoms with Crippen LogP contribution in [0.25, 0.3) is 10.9 Å². The van der Waals surface area contributed by atoms with Gasteiger partial charge in [-0.25, -0.2) is 4.98 Å². The first-order chi connectivity index (χ1) is 14.1. The highest BCUT2D eigenvalue weighted by Crippen LogP contribution is 2.35. The molecule has 0 spiro atoms. The van der Waals surface area contributed by atoms with Gasteiger partial charge in [0.25, 0.3) is 5.91 Å². The van der Waals surface area contributed by atoms with Crippen LogP contribution in [0.5, 0.6) is 11.6 Å². The predicted molar refractivity (Wildman–Crippen MR) is 113 cm³/mol. The number of carbonyl (C=O) groups excluding carboxylic acids is 1. The summed E-state index contributed by atoms with van der Waals surface area (Å²) in [4.78, 5) is 22.8. The topological polar surface area (TPSA) is 67.5 Å². The highest BCUT2D eigenvalue weighted by Gasteiger charge is 2.28. The lowest BCUT2D eigenvalue weighted by molar-refractivity contribution is 0.0708. The third-order valence-electron chi connectivity index (χ3n) is 5.65. The van der Waals surface area contributed by atoms with Gasteiger partial charge >= 0.3 is 0 Å². The van der Waals surface area contributed by atoms with Crippen LogP contribution in [0.15, 0.2) is 36.5 Å². The maximum absolute atomic E-state index is 13.1. The van der Waals surface area contributed by atoms with Crippen molar-refractivity contribution in [2.75, 3.05) is 26.8 Å². The molecule has 2 aromatic heterocycles. The second-order valence-electron chi connectivity index (χ2n) is 7.46. The minimum atomic E-state index is -0.00000379. The number of aryl methyl sites for hydroxylation is 1. The molecule has 3 aromatic rings. The average molecular weight is 393 g/mol. The lowest BCUT2D eigenvalue weighted by Crippen LogP contribution is -2.38. The van der Waals surface area contributed by atoms with E-state index in [1.807, 2.05) is 36.9 Å². The molecular weight excluding hydrogens is 366 g/mol. The number of fused-ring (bicyclic) bond motifs is 1. The number of likely N-dealkylation sites (tertiary alicyclic amines) is 1. The summed E-state index contributed by atoms with van der Waals surface area (Å²) in [6.07, 6.45) is 3.96. The predicted octanol–water partition coefficient (Wildman–Crippen LogP) is 4.30. The van der Waals surface area contributed by atoms with Gasteiger partial charge in [-0.3, -0.25) is 4.79 Å². The molecule has 1 aliphatic rings. The van der Waals surface area contributed by atoms with Crippen molar-refractivity contribution in [1.82, 2.24) is 14.9 Å². The number of nitrogens with zero attached hydrogens (tertiary/aromatic N) is 2. The number of rotatable bonds is 5. The molecule has 1 amide bonds. The van der Waals surface area contributed by atoms with E-state index in [-0.39, 0.29) is 5.91 Å². The molecular formula is C23H27N3O3. The number of amides is 1. The number of aromatic nitrogens is 2. The zero-order chi connectivity index (χ0) is 20.4. The molecule has 0 atom stereocenters. The Morgan fingerprint density at radius 3 is 2.76 bits per heavy atom. The van der Waals surface area contributed by atoms with E-state index in [2.05, 4.69) is 28.3 Å². The number of nitrogens with one attached hydrogen (secondary N) is 1. The van der Waals surface area contributed by atoms with E-state index in [0.29, 0.717) is 24.0 Å². The molecule has 6 heteroatoms. The van der Waals surface area contributed by atoms with Gasteiger partial charge in [-0.2, -0.15) is 0 Å². The van der Waals surface area contributed by atoms with Crippen LogP contribution < -0.4 is 9.47 Å². The Bertz CT molecular complexity index is 1020. The molecule has 6 nitrogen and oxygen atoms in total. The smallest absolute Gasteiger partial charge is 0.259 e. The quantitative estimate of drug-likeness (QED) is 0.702. The van der Waals surface area contributed by atoms with E-state index in [1.165, 1.54) is 10.9 Å². The summed E-state index contributed by atoms with van der Waals surface area (Å²) < 4.78 is 11.0. The fourth-order valence-electron chi connectivity index (χ4n) is 4.09. The van der Waals surface area contributed by atoms with Crippen LogP contribution in [0.1, 0.15) is 47.3 Å². The molecule has 1 N–H and O–H groups in total. The lowest BCUT2D eigenvalue weighted by Gasteiger charge is -2.32. The molecule has 3 heterocycles. The number of methoxy groups -OCH3 is 1. The molecule has 0 saturated carbocycles. The summed E-state index contributed by atoms with van der Waals surface area (Å²) in [5.41, 5.74) is 3.82. The Hall–Kier alpha value is -3.02. The fraction of sp³-hybridized carbons (Fsp3) is 0.391. The van der Waals surface area contributed by atoms with E-state index in [4.69, 9.17) is 9.47 Å². The van der Waals surface area contributed by atoms with Crippen molar-refractivity contribution < 1.29 is 14.3 Å². The van der Waals surface area contributed by atoms with Crippen molar-refractivity contribution in [3.8, 4) is 11.6 Å².